The van der Waals surface area contributed by atoms with Gasteiger partial charge in [0.25, 0.3) is 5.19 Å². The van der Waals surface area contributed by atoms with Gasteiger partial charge in [-0.3, -0.25) is 4.98 Å². The maximum Gasteiger partial charge on any atom is 0.407 e. The molecule has 2 aromatic heterocycles. The Kier molecular flexibility index (Phi) is 6.66. The van der Waals surface area contributed by atoms with Gasteiger partial charge in [0.05, 0.1) is 24.1 Å². The lowest BCUT2D eigenvalue weighted by Gasteiger charge is -2.13. The fraction of sp³-hybridized carbons (Fsp3) is 0.286. The van der Waals surface area contributed by atoms with E-state index >= 15 is 0 Å². The largest absolute Gasteiger partial charge is 0.491 e. The first-order valence-corrected chi connectivity index (χ1v) is 9.96. The SMILES string of the molecule is COC(=O)NC(C)c1cncc(-c2cnc(Oc3ccc(OC(C)C)cc3)s2)c1. The normalized spacial score (nSPS) is 11.8. The molecule has 152 valence electrons. The fourth-order valence-corrected chi connectivity index (χ4v) is 3.31. The third-order valence-corrected chi connectivity index (χ3v) is 4.87. The number of nitrogens with one attached hydrogen (secondary N) is 1. The Hall–Kier alpha value is -3.13. The van der Waals surface area contributed by atoms with Gasteiger partial charge in [-0.2, -0.15) is 0 Å². The molecule has 0 aliphatic rings. The van der Waals surface area contributed by atoms with Crippen LogP contribution in [-0.2, 0) is 4.74 Å². The first-order chi connectivity index (χ1) is 13.9. The van der Waals surface area contributed by atoms with Crippen molar-refractivity contribution in [3.8, 4) is 27.1 Å². The second-order valence-electron chi connectivity index (χ2n) is 6.60. The number of amides is 1. The number of nitrogens with zero attached hydrogens (tertiary/aromatic N) is 2. The Balaban J connectivity index is 1.69. The molecule has 2 heterocycles. The van der Waals surface area contributed by atoms with E-state index in [-0.39, 0.29) is 12.1 Å². The summed E-state index contributed by atoms with van der Waals surface area (Å²) in [5.74, 6) is 1.48. The van der Waals surface area contributed by atoms with Gasteiger partial charge < -0.3 is 19.5 Å². The van der Waals surface area contributed by atoms with Crippen LogP contribution in [0.25, 0.3) is 10.4 Å². The summed E-state index contributed by atoms with van der Waals surface area (Å²) in [5, 5.41) is 3.26. The summed E-state index contributed by atoms with van der Waals surface area (Å²) in [4.78, 5) is 20.9. The molecule has 0 aliphatic carbocycles. The number of ether oxygens (including phenoxy) is 3. The van der Waals surface area contributed by atoms with Crippen LogP contribution in [0.3, 0.4) is 0 Å². The fourth-order valence-electron chi connectivity index (χ4n) is 2.55. The molecule has 3 aromatic rings. The van der Waals surface area contributed by atoms with E-state index in [1.807, 2.05) is 51.1 Å². The molecular formula is C21H23N3O4S. The molecular weight excluding hydrogens is 390 g/mol. The number of rotatable bonds is 7. The summed E-state index contributed by atoms with van der Waals surface area (Å²) in [7, 11) is 1.33. The predicted molar refractivity (Wildman–Crippen MR) is 112 cm³/mol. The minimum atomic E-state index is -0.485. The Morgan fingerprint density at radius 1 is 1.07 bits per heavy atom. The molecule has 1 N–H and O–H groups in total. The number of methoxy groups -OCH3 is 1. The maximum atomic E-state index is 11.4. The van der Waals surface area contributed by atoms with Crippen molar-refractivity contribution in [2.24, 2.45) is 0 Å². The molecule has 7 nitrogen and oxygen atoms in total. The Morgan fingerprint density at radius 3 is 2.48 bits per heavy atom. The van der Waals surface area contributed by atoms with Crippen molar-refractivity contribution in [2.45, 2.75) is 32.9 Å². The molecule has 29 heavy (non-hydrogen) atoms. The number of hydrogen-bond donors (Lipinski definition) is 1. The van der Waals surface area contributed by atoms with E-state index in [4.69, 9.17) is 9.47 Å². The molecule has 3 rings (SSSR count). The van der Waals surface area contributed by atoms with Crippen LogP contribution in [0, 0.1) is 0 Å². The minimum Gasteiger partial charge on any atom is -0.491 e. The van der Waals surface area contributed by atoms with Crippen molar-refractivity contribution in [3.63, 3.8) is 0 Å². The quantitative estimate of drug-likeness (QED) is 0.573. The summed E-state index contributed by atoms with van der Waals surface area (Å²) in [6.07, 6.45) is 4.85. The first-order valence-electron chi connectivity index (χ1n) is 9.15. The van der Waals surface area contributed by atoms with Crippen molar-refractivity contribution >= 4 is 17.4 Å². The van der Waals surface area contributed by atoms with E-state index in [9.17, 15) is 4.79 Å². The minimum absolute atomic E-state index is 0.123. The average Bonchev–Trinajstić information content (AvgIpc) is 3.17. The van der Waals surface area contributed by atoms with Gasteiger partial charge in [0.2, 0.25) is 0 Å². The molecule has 0 aliphatic heterocycles. The highest BCUT2D eigenvalue weighted by Gasteiger charge is 2.13. The smallest absolute Gasteiger partial charge is 0.407 e. The van der Waals surface area contributed by atoms with Crippen LogP contribution in [0.1, 0.15) is 32.4 Å². The molecule has 0 saturated heterocycles. The standard InChI is InChI=1S/C21H23N3O4S/c1-13(2)27-17-5-7-18(8-6-17)28-21-23-12-19(29-21)16-9-15(10-22-11-16)14(3)24-20(25)26-4/h5-14H,1-4H3,(H,24,25). The predicted octanol–water partition coefficient (Wildman–Crippen LogP) is 5.20. The zero-order valence-electron chi connectivity index (χ0n) is 16.7. The van der Waals surface area contributed by atoms with E-state index in [0.29, 0.717) is 10.9 Å². The number of pyridine rings is 1. The summed E-state index contributed by atoms with van der Waals surface area (Å²) in [6.45, 7) is 5.83. The van der Waals surface area contributed by atoms with Crippen molar-refractivity contribution in [2.75, 3.05) is 7.11 Å². The van der Waals surface area contributed by atoms with Crippen LogP contribution in [0.5, 0.6) is 16.7 Å². The molecule has 0 bridgehead atoms. The monoisotopic (exact) mass is 413 g/mol. The van der Waals surface area contributed by atoms with Gasteiger partial charge in [-0.25, -0.2) is 9.78 Å². The average molecular weight is 413 g/mol. The van der Waals surface area contributed by atoms with E-state index in [0.717, 1.165) is 21.8 Å². The molecule has 0 radical (unpaired) electrons. The van der Waals surface area contributed by atoms with Gasteiger partial charge in [0, 0.05) is 24.2 Å². The highest BCUT2D eigenvalue weighted by molar-refractivity contribution is 7.16. The topological polar surface area (TPSA) is 82.6 Å². The van der Waals surface area contributed by atoms with E-state index in [1.54, 1.807) is 18.6 Å². The number of carbonyl (C=O) groups excluding carboxylic acids is 1. The summed E-state index contributed by atoms with van der Waals surface area (Å²) < 4.78 is 16.1. The van der Waals surface area contributed by atoms with E-state index in [1.165, 1.54) is 18.4 Å². The van der Waals surface area contributed by atoms with Gasteiger partial charge in [-0.1, -0.05) is 11.3 Å². The molecule has 1 atom stereocenters. The summed E-state index contributed by atoms with van der Waals surface area (Å²) in [6, 6.07) is 9.16. The van der Waals surface area contributed by atoms with Gasteiger partial charge >= 0.3 is 6.09 Å². The van der Waals surface area contributed by atoms with Crippen molar-refractivity contribution in [1.29, 1.82) is 0 Å². The Bertz CT molecular complexity index is 957. The third kappa shape index (κ3) is 5.68. The molecule has 1 unspecified atom stereocenters. The van der Waals surface area contributed by atoms with Gasteiger partial charge in [-0.15, -0.1) is 0 Å². The van der Waals surface area contributed by atoms with Crippen LogP contribution in [0.2, 0.25) is 0 Å². The van der Waals surface area contributed by atoms with Gasteiger partial charge in [-0.05, 0) is 56.7 Å². The Morgan fingerprint density at radius 2 is 1.79 bits per heavy atom. The molecule has 0 fully saturated rings. The lowest BCUT2D eigenvalue weighted by atomic mass is 10.1. The summed E-state index contributed by atoms with van der Waals surface area (Å²) >= 11 is 1.42. The first kappa shape index (κ1) is 20.6. The zero-order chi connectivity index (χ0) is 20.8. The van der Waals surface area contributed by atoms with Crippen molar-refractivity contribution in [1.82, 2.24) is 15.3 Å². The number of benzene rings is 1. The molecule has 1 amide bonds. The highest BCUT2D eigenvalue weighted by Crippen LogP contribution is 2.34. The van der Waals surface area contributed by atoms with E-state index < -0.39 is 6.09 Å². The molecule has 0 saturated carbocycles. The number of alkyl carbamates (subject to hydrolysis) is 1. The van der Waals surface area contributed by atoms with Crippen LogP contribution in [0.15, 0.2) is 48.9 Å². The number of carbonyl (C=O) groups is 1. The Labute approximate surface area is 173 Å². The van der Waals surface area contributed by atoms with Crippen LogP contribution < -0.4 is 14.8 Å². The second-order valence-corrected chi connectivity index (χ2v) is 7.59. The third-order valence-electron chi connectivity index (χ3n) is 3.95. The second kappa shape index (κ2) is 9.38. The van der Waals surface area contributed by atoms with E-state index in [2.05, 4.69) is 20.0 Å². The molecule has 1 aromatic carbocycles. The lowest BCUT2D eigenvalue weighted by Crippen LogP contribution is -2.26. The molecule has 0 spiro atoms. The highest BCUT2D eigenvalue weighted by atomic mass is 32.1. The van der Waals surface area contributed by atoms with Crippen molar-refractivity contribution in [3.05, 3.63) is 54.5 Å². The van der Waals surface area contributed by atoms with Crippen molar-refractivity contribution < 1.29 is 19.0 Å². The number of aromatic nitrogens is 2. The van der Waals surface area contributed by atoms with Gasteiger partial charge in [0.1, 0.15) is 11.5 Å². The lowest BCUT2D eigenvalue weighted by molar-refractivity contribution is 0.167. The van der Waals surface area contributed by atoms with Crippen LogP contribution in [-0.4, -0.2) is 29.3 Å². The number of thiazole rings is 1. The zero-order valence-corrected chi connectivity index (χ0v) is 17.5. The van der Waals surface area contributed by atoms with Crippen LogP contribution in [0.4, 0.5) is 4.79 Å². The van der Waals surface area contributed by atoms with Gasteiger partial charge in [0.15, 0.2) is 0 Å². The summed E-state index contributed by atoms with van der Waals surface area (Å²) in [5.41, 5.74) is 1.76. The molecule has 8 heteroatoms. The van der Waals surface area contributed by atoms with Crippen LogP contribution >= 0.6 is 11.3 Å². The number of hydrogen-bond acceptors (Lipinski definition) is 7. The maximum absolute atomic E-state index is 11.4.